The van der Waals surface area contributed by atoms with Gasteiger partial charge in [0, 0.05) is 10.7 Å². The lowest BCUT2D eigenvalue weighted by atomic mass is 10.1. The fraction of sp³-hybridized carbons (Fsp3) is 0.120. The first-order chi connectivity index (χ1) is 16.4. The normalized spacial score (nSPS) is 10.6. The van der Waals surface area contributed by atoms with Gasteiger partial charge in [-0.15, -0.1) is 0 Å². The zero-order chi connectivity index (χ0) is 24.5. The summed E-state index contributed by atoms with van der Waals surface area (Å²) in [5.41, 5.74) is 4.67. The van der Waals surface area contributed by atoms with Crippen molar-refractivity contribution in [3.8, 4) is 11.5 Å². The molecule has 0 aliphatic heterocycles. The Labute approximate surface area is 201 Å². The van der Waals surface area contributed by atoms with Crippen LogP contribution in [0.15, 0.2) is 71.8 Å². The maximum Gasteiger partial charge on any atom is 0.343 e. The average molecular weight is 480 g/mol. The van der Waals surface area contributed by atoms with Crippen LogP contribution in [0.2, 0.25) is 5.02 Å². The summed E-state index contributed by atoms with van der Waals surface area (Å²) in [4.78, 5) is 36.3. The minimum atomic E-state index is -0.920. The molecular weight excluding hydrogens is 458 g/mol. The molecule has 0 spiro atoms. The van der Waals surface area contributed by atoms with Crippen LogP contribution in [0.5, 0.6) is 11.5 Å². The molecule has 0 radical (unpaired) electrons. The molecule has 3 aromatic rings. The minimum Gasteiger partial charge on any atom is -0.493 e. The number of amides is 2. The summed E-state index contributed by atoms with van der Waals surface area (Å²) in [7, 11) is 1.43. The molecule has 2 amide bonds. The Kier molecular flexibility index (Phi) is 8.37. The molecule has 0 fully saturated rings. The summed E-state index contributed by atoms with van der Waals surface area (Å²) in [5, 5.41) is 6.80. The summed E-state index contributed by atoms with van der Waals surface area (Å²) < 4.78 is 10.7. The van der Waals surface area contributed by atoms with Gasteiger partial charge in [-0.3, -0.25) is 9.59 Å². The lowest BCUT2D eigenvalue weighted by Gasteiger charge is -2.10. The van der Waals surface area contributed by atoms with Crippen LogP contribution in [0.3, 0.4) is 0 Å². The molecule has 0 unspecified atom stereocenters. The molecule has 0 bridgehead atoms. The van der Waals surface area contributed by atoms with Crippen molar-refractivity contribution in [1.29, 1.82) is 0 Å². The molecule has 0 saturated carbocycles. The van der Waals surface area contributed by atoms with Gasteiger partial charge in [0.25, 0.3) is 0 Å². The van der Waals surface area contributed by atoms with Crippen molar-refractivity contribution in [2.24, 2.45) is 5.10 Å². The van der Waals surface area contributed by atoms with Crippen molar-refractivity contribution < 1.29 is 23.9 Å². The molecule has 9 heteroatoms. The number of hydrogen-bond donors (Lipinski definition) is 2. The van der Waals surface area contributed by atoms with Crippen molar-refractivity contribution in [2.45, 2.75) is 13.3 Å². The van der Waals surface area contributed by atoms with Gasteiger partial charge >= 0.3 is 17.8 Å². The third-order valence-corrected chi connectivity index (χ3v) is 4.93. The van der Waals surface area contributed by atoms with Gasteiger partial charge in [0.15, 0.2) is 11.5 Å². The number of ether oxygens (including phenoxy) is 2. The molecule has 3 rings (SSSR count). The Morgan fingerprint density at radius 2 is 1.65 bits per heavy atom. The van der Waals surface area contributed by atoms with Crippen LogP contribution in [0.25, 0.3) is 0 Å². The van der Waals surface area contributed by atoms with Gasteiger partial charge < -0.3 is 14.8 Å². The van der Waals surface area contributed by atoms with Crippen LogP contribution in [0, 0.1) is 0 Å². The van der Waals surface area contributed by atoms with E-state index in [4.69, 9.17) is 21.1 Å². The first kappa shape index (κ1) is 24.5. The van der Waals surface area contributed by atoms with Crippen LogP contribution in [0.1, 0.15) is 28.4 Å². The monoisotopic (exact) mass is 479 g/mol. The average Bonchev–Trinajstić information content (AvgIpc) is 2.85. The molecule has 0 saturated heterocycles. The first-order valence-electron chi connectivity index (χ1n) is 10.3. The van der Waals surface area contributed by atoms with E-state index < -0.39 is 17.8 Å². The van der Waals surface area contributed by atoms with Gasteiger partial charge in [-0.1, -0.05) is 30.7 Å². The lowest BCUT2D eigenvalue weighted by molar-refractivity contribution is -0.136. The van der Waals surface area contributed by atoms with Gasteiger partial charge in [0.2, 0.25) is 0 Å². The molecule has 174 valence electrons. The predicted octanol–water partition coefficient (Wildman–Crippen LogP) is 4.22. The van der Waals surface area contributed by atoms with Crippen molar-refractivity contribution >= 4 is 41.3 Å². The predicted molar refractivity (Wildman–Crippen MR) is 130 cm³/mol. The van der Waals surface area contributed by atoms with Crippen LogP contribution >= 0.6 is 11.6 Å². The molecule has 34 heavy (non-hydrogen) atoms. The van der Waals surface area contributed by atoms with E-state index in [-0.39, 0.29) is 11.5 Å². The third kappa shape index (κ3) is 6.66. The summed E-state index contributed by atoms with van der Waals surface area (Å²) in [6.45, 7) is 2.02. The number of esters is 1. The van der Waals surface area contributed by atoms with E-state index in [0.29, 0.717) is 21.8 Å². The third-order valence-electron chi connectivity index (χ3n) is 4.68. The van der Waals surface area contributed by atoms with Crippen LogP contribution < -0.4 is 20.2 Å². The van der Waals surface area contributed by atoms with E-state index >= 15 is 0 Å². The maximum atomic E-state index is 12.3. The van der Waals surface area contributed by atoms with Crippen LogP contribution in [-0.2, 0) is 16.0 Å². The number of benzene rings is 3. The second kappa shape index (κ2) is 11.6. The maximum absolute atomic E-state index is 12.3. The number of nitrogens with zero attached hydrogens (tertiary/aromatic N) is 1. The summed E-state index contributed by atoms with van der Waals surface area (Å²) >= 11 is 5.83. The molecule has 0 aromatic heterocycles. The summed E-state index contributed by atoms with van der Waals surface area (Å²) in [6, 6.07) is 18.2. The summed E-state index contributed by atoms with van der Waals surface area (Å²) in [6.07, 6.45) is 2.20. The van der Waals surface area contributed by atoms with Crippen molar-refractivity contribution in [3.05, 3.63) is 88.4 Å². The molecular formula is C25H22ClN3O5. The highest BCUT2D eigenvalue weighted by molar-refractivity contribution is 6.39. The zero-order valence-electron chi connectivity index (χ0n) is 18.5. The highest BCUT2D eigenvalue weighted by atomic mass is 35.5. The molecule has 0 aliphatic carbocycles. The molecule has 3 aromatic carbocycles. The second-order valence-corrected chi connectivity index (χ2v) is 7.45. The van der Waals surface area contributed by atoms with Gasteiger partial charge in [0.1, 0.15) is 0 Å². The van der Waals surface area contributed by atoms with E-state index in [1.165, 1.54) is 19.4 Å². The standard InChI is InChI=1S/C25H22ClN3O5/c1-3-16-4-11-20(12-5-16)28-23(30)24(31)29-27-15-17-6-13-21(22(14-17)33-2)34-25(32)18-7-9-19(26)10-8-18/h4-15H,3H2,1-2H3,(H,28,30)(H,29,31)/b27-15+. The Hall–Kier alpha value is -4.17. The topological polar surface area (TPSA) is 106 Å². The van der Waals surface area contributed by atoms with E-state index in [9.17, 15) is 14.4 Å². The van der Waals surface area contributed by atoms with Gasteiger partial charge in [-0.2, -0.15) is 5.10 Å². The number of rotatable bonds is 7. The number of nitrogens with one attached hydrogen (secondary N) is 2. The molecule has 2 N–H and O–H groups in total. The SMILES string of the molecule is CCc1ccc(NC(=O)C(=O)N/N=C/c2ccc(OC(=O)c3ccc(Cl)cc3)c(OC)c2)cc1. The van der Waals surface area contributed by atoms with Crippen molar-refractivity contribution in [3.63, 3.8) is 0 Å². The Morgan fingerprint density at radius 3 is 2.29 bits per heavy atom. The number of carbonyl (C=O) groups is 3. The first-order valence-corrected chi connectivity index (χ1v) is 10.7. The van der Waals surface area contributed by atoms with Gasteiger partial charge in [-0.25, -0.2) is 10.2 Å². The number of aryl methyl sites for hydroxylation is 1. The molecule has 8 nitrogen and oxygen atoms in total. The van der Waals surface area contributed by atoms with Gasteiger partial charge in [-0.05, 0) is 72.1 Å². The lowest BCUT2D eigenvalue weighted by Crippen LogP contribution is -2.32. The quantitative estimate of drug-likeness (QED) is 0.173. The highest BCUT2D eigenvalue weighted by Gasteiger charge is 2.14. The highest BCUT2D eigenvalue weighted by Crippen LogP contribution is 2.28. The Balaban J connectivity index is 1.58. The molecule has 0 aliphatic rings. The van der Waals surface area contributed by atoms with Crippen LogP contribution in [-0.4, -0.2) is 31.1 Å². The smallest absolute Gasteiger partial charge is 0.343 e. The zero-order valence-corrected chi connectivity index (χ0v) is 19.3. The molecule has 0 heterocycles. The van der Waals surface area contributed by atoms with Crippen molar-refractivity contribution in [2.75, 3.05) is 12.4 Å². The number of carbonyl (C=O) groups excluding carboxylic acids is 3. The molecule has 0 atom stereocenters. The number of hydrogen-bond acceptors (Lipinski definition) is 6. The fourth-order valence-corrected chi connectivity index (χ4v) is 2.95. The van der Waals surface area contributed by atoms with E-state index in [2.05, 4.69) is 15.8 Å². The van der Waals surface area contributed by atoms with Gasteiger partial charge in [0.05, 0.1) is 18.9 Å². The Bertz CT molecular complexity index is 1210. The van der Waals surface area contributed by atoms with E-state index in [0.717, 1.165) is 12.0 Å². The largest absolute Gasteiger partial charge is 0.493 e. The Morgan fingerprint density at radius 1 is 0.941 bits per heavy atom. The van der Waals surface area contributed by atoms with Crippen molar-refractivity contribution in [1.82, 2.24) is 5.43 Å². The number of anilines is 1. The minimum absolute atomic E-state index is 0.206. The summed E-state index contributed by atoms with van der Waals surface area (Å²) in [5.74, 6) is -1.85. The number of methoxy groups -OCH3 is 1. The van der Waals surface area contributed by atoms with E-state index in [1.807, 2.05) is 19.1 Å². The number of hydrazone groups is 1. The number of halogens is 1. The van der Waals surface area contributed by atoms with Crippen LogP contribution in [0.4, 0.5) is 5.69 Å². The van der Waals surface area contributed by atoms with E-state index in [1.54, 1.807) is 48.5 Å². The fourth-order valence-electron chi connectivity index (χ4n) is 2.82. The second-order valence-electron chi connectivity index (χ2n) is 7.01.